The molecular formula is C23H21ClN2O3S2. The topological polar surface area (TPSA) is 59.4 Å². The van der Waals surface area contributed by atoms with E-state index in [4.69, 9.17) is 11.6 Å². The highest BCUT2D eigenvalue weighted by Gasteiger charge is 2.22. The molecule has 0 saturated carbocycles. The van der Waals surface area contributed by atoms with Crippen molar-refractivity contribution >= 4 is 43.2 Å². The molecule has 0 bridgehead atoms. The Kier molecular flexibility index (Phi) is 6.03. The second-order valence-corrected chi connectivity index (χ2v) is 10.9. The summed E-state index contributed by atoms with van der Waals surface area (Å²) in [5.74, 6) is 0. The minimum atomic E-state index is -3.70. The molecule has 0 aliphatic carbocycles. The molecule has 0 atom stereocenters. The molecule has 0 fully saturated rings. The predicted octanol–water partition coefficient (Wildman–Crippen LogP) is 4.89. The Hall–Kier alpha value is -2.45. The van der Waals surface area contributed by atoms with E-state index >= 15 is 0 Å². The monoisotopic (exact) mass is 472 g/mol. The first-order chi connectivity index (χ1) is 14.8. The van der Waals surface area contributed by atoms with Gasteiger partial charge in [-0.2, -0.15) is 4.31 Å². The summed E-state index contributed by atoms with van der Waals surface area (Å²) in [7, 11) is -2.14. The van der Waals surface area contributed by atoms with Crippen molar-refractivity contribution in [2.24, 2.45) is 0 Å². The summed E-state index contributed by atoms with van der Waals surface area (Å²) in [6.07, 6.45) is 0. The van der Waals surface area contributed by atoms with Crippen molar-refractivity contribution in [3.63, 3.8) is 0 Å². The lowest BCUT2D eigenvalue weighted by Crippen LogP contribution is -2.26. The second-order valence-electron chi connectivity index (χ2n) is 7.42. The van der Waals surface area contributed by atoms with Gasteiger partial charge < -0.3 is 0 Å². The van der Waals surface area contributed by atoms with Crippen LogP contribution in [0.25, 0.3) is 10.2 Å². The van der Waals surface area contributed by atoms with Crippen LogP contribution in [0.5, 0.6) is 0 Å². The number of hydrogen-bond donors (Lipinski definition) is 0. The van der Waals surface area contributed by atoms with E-state index in [1.807, 2.05) is 49.4 Å². The van der Waals surface area contributed by atoms with Crippen LogP contribution in [0.3, 0.4) is 0 Å². The number of aryl methyl sites for hydroxylation is 1. The van der Waals surface area contributed by atoms with Crippen molar-refractivity contribution in [3.8, 4) is 0 Å². The zero-order valence-corrected chi connectivity index (χ0v) is 19.5. The summed E-state index contributed by atoms with van der Waals surface area (Å²) < 4.78 is 29.8. The van der Waals surface area contributed by atoms with Crippen LogP contribution >= 0.6 is 22.9 Å². The van der Waals surface area contributed by atoms with Crippen molar-refractivity contribution in [2.75, 3.05) is 7.05 Å². The van der Waals surface area contributed by atoms with Gasteiger partial charge in [0.15, 0.2) is 0 Å². The Labute approximate surface area is 190 Å². The number of hydrogen-bond acceptors (Lipinski definition) is 4. The molecule has 0 aliphatic rings. The molecule has 4 rings (SSSR count). The molecule has 0 unspecified atom stereocenters. The maximum atomic E-state index is 13.1. The molecule has 5 nitrogen and oxygen atoms in total. The molecule has 8 heteroatoms. The van der Waals surface area contributed by atoms with E-state index in [0.717, 1.165) is 28.0 Å². The summed E-state index contributed by atoms with van der Waals surface area (Å²) in [6, 6.07) is 19.9. The highest BCUT2D eigenvalue weighted by molar-refractivity contribution is 7.89. The summed E-state index contributed by atoms with van der Waals surface area (Å²) in [5, 5.41) is 0.589. The van der Waals surface area contributed by atoms with E-state index in [1.165, 1.54) is 4.31 Å². The van der Waals surface area contributed by atoms with Gasteiger partial charge in [-0.15, -0.1) is 0 Å². The van der Waals surface area contributed by atoms with Gasteiger partial charge in [0.1, 0.15) is 0 Å². The number of halogens is 1. The first-order valence-corrected chi connectivity index (χ1v) is 12.3. The number of benzene rings is 3. The molecule has 3 aromatic carbocycles. The fourth-order valence-corrected chi connectivity index (χ4v) is 5.76. The van der Waals surface area contributed by atoms with Crippen LogP contribution in [0.2, 0.25) is 5.02 Å². The minimum absolute atomic E-state index is 0.155. The Morgan fingerprint density at radius 1 is 1.03 bits per heavy atom. The van der Waals surface area contributed by atoms with Gasteiger partial charge in [-0.1, -0.05) is 71.0 Å². The van der Waals surface area contributed by atoms with E-state index in [9.17, 15) is 13.2 Å². The SMILES string of the molecule is Cc1ccc(CN(C)S(=O)(=O)c2ccc3c(c2)sc(=O)n3Cc2ccccc2Cl)cc1. The molecule has 0 radical (unpaired) electrons. The molecule has 0 amide bonds. The van der Waals surface area contributed by atoms with Crippen molar-refractivity contribution in [1.29, 1.82) is 0 Å². The van der Waals surface area contributed by atoms with Crippen LogP contribution in [0.1, 0.15) is 16.7 Å². The lowest BCUT2D eigenvalue weighted by Gasteiger charge is -2.17. The third-order valence-electron chi connectivity index (χ3n) is 5.16. The molecule has 160 valence electrons. The van der Waals surface area contributed by atoms with E-state index < -0.39 is 10.0 Å². The van der Waals surface area contributed by atoms with Gasteiger partial charge in [-0.05, 0) is 42.3 Å². The standard InChI is InChI=1S/C23H21ClN2O3S2/c1-16-7-9-17(10-8-16)14-25(2)31(28,29)19-11-12-21-22(13-19)30-23(27)26(21)15-18-5-3-4-6-20(18)24/h3-13H,14-15H2,1-2H3. The average molecular weight is 473 g/mol. The van der Waals surface area contributed by atoms with Crippen LogP contribution in [0, 0.1) is 6.92 Å². The molecule has 1 aromatic heterocycles. The van der Waals surface area contributed by atoms with Gasteiger partial charge in [0.2, 0.25) is 10.0 Å². The zero-order chi connectivity index (χ0) is 22.2. The summed E-state index contributed by atoms with van der Waals surface area (Å²) in [6.45, 7) is 2.59. The first kappa shape index (κ1) is 21.8. The summed E-state index contributed by atoms with van der Waals surface area (Å²) in [4.78, 5) is 12.6. The lowest BCUT2D eigenvalue weighted by atomic mass is 10.1. The Morgan fingerprint density at radius 3 is 2.45 bits per heavy atom. The maximum absolute atomic E-state index is 13.1. The Morgan fingerprint density at radius 2 is 1.74 bits per heavy atom. The predicted molar refractivity (Wildman–Crippen MR) is 126 cm³/mol. The maximum Gasteiger partial charge on any atom is 0.308 e. The fraction of sp³-hybridized carbons (Fsp3) is 0.174. The molecule has 0 spiro atoms. The largest absolute Gasteiger partial charge is 0.308 e. The van der Waals surface area contributed by atoms with Gasteiger partial charge in [-0.25, -0.2) is 8.42 Å². The molecule has 31 heavy (non-hydrogen) atoms. The van der Waals surface area contributed by atoms with E-state index in [-0.39, 0.29) is 16.3 Å². The van der Waals surface area contributed by atoms with Crippen LogP contribution in [-0.2, 0) is 23.1 Å². The average Bonchev–Trinajstić information content (AvgIpc) is 3.05. The third kappa shape index (κ3) is 4.45. The van der Waals surface area contributed by atoms with Crippen molar-refractivity contribution < 1.29 is 8.42 Å². The summed E-state index contributed by atoms with van der Waals surface area (Å²) in [5.41, 5.74) is 3.56. The van der Waals surface area contributed by atoms with Crippen LogP contribution in [-0.4, -0.2) is 24.3 Å². The van der Waals surface area contributed by atoms with Crippen LogP contribution in [0.15, 0.2) is 76.4 Å². The van der Waals surface area contributed by atoms with Crippen molar-refractivity contribution in [3.05, 3.63) is 98.1 Å². The molecule has 0 saturated heterocycles. The number of aromatic nitrogens is 1. The van der Waals surface area contributed by atoms with Crippen LogP contribution < -0.4 is 4.87 Å². The Bertz CT molecular complexity index is 1410. The number of thiazole rings is 1. The quantitative estimate of drug-likeness (QED) is 0.401. The van der Waals surface area contributed by atoms with Gasteiger partial charge in [-0.3, -0.25) is 9.36 Å². The van der Waals surface area contributed by atoms with Crippen molar-refractivity contribution in [2.45, 2.75) is 24.9 Å². The number of sulfonamides is 1. The zero-order valence-electron chi connectivity index (χ0n) is 17.1. The van der Waals surface area contributed by atoms with E-state index in [0.29, 0.717) is 21.8 Å². The number of rotatable bonds is 6. The van der Waals surface area contributed by atoms with Crippen molar-refractivity contribution in [1.82, 2.24) is 8.87 Å². The minimum Gasteiger partial charge on any atom is -0.294 e. The molecule has 4 aromatic rings. The van der Waals surface area contributed by atoms with Crippen LogP contribution in [0.4, 0.5) is 0 Å². The number of nitrogens with zero attached hydrogens (tertiary/aromatic N) is 2. The highest BCUT2D eigenvalue weighted by atomic mass is 35.5. The molecule has 0 aliphatic heterocycles. The lowest BCUT2D eigenvalue weighted by molar-refractivity contribution is 0.467. The highest BCUT2D eigenvalue weighted by Crippen LogP contribution is 2.26. The van der Waals surface area contributed by atoms with Gasteiger partial charge in [0.05, 0.1) is 21.7 Å². The third-order valence-corrected chi connectivity index (χ3v) is 8.27. The van der Waals surface area contributed by atoms with E-state index in [2.05, 4.69) is 0 Å². The smallest absolute Gasteiger partial charge is 0.294 e. The molecular weight excluding hydrogens is 452 g/mol. The Balaban J connectivity index is 1.65. The van der Waals surface area contributed by atoms with Gasteiger partial charge in [0.25, 0.3) is 0 Å². The number of fused-ring (bicyclic) bond motifs is 1. The molecule has 0 N–H and O–H groups in total. The normalized spacial score (nSPS) is 12.0. The van der Waals surface area contributed by atoms with E-state index in [1.54, 1.807) is 35.9 Å². The first-order valence-electron chi connectivity index (χ1n) is 9.64. The van der Waals surface area contributed by atoms with Gasteiger partial charge >= 0.3 is 4.87 Å². The summed E-state index contributed by atoms with van der Waals surface area (Å²) >= 11 is 7.28. The second kappa shape index (κ2) is 8.59. The molecule has 1 heterocycles. The van der Waals surface area contributed by atoms with Gasteiger partial charge in [0, 0.05) is 18.6 Å². The fourth-order valence-electron chi connectivity index (χ4n) is 3.37.